The minimum absolute atomic E-state index is 0.105. The number of hydrogen-bond donors (Lipinski definition) is 0. The van der Waals surface area contributed by atoms with Gasteiger partial charge in [-0.1, -0.05) is 19.9 Å². The van der Waals surface area contributed by atoms with E-state index in [0.29, 0.717) is 0 Å². The molecule has 0 aliphatic carbocycles. The van der Waals surface area contributed by atoms with Gasteiger partial charge in [-0.3, -0.25) is 4.79 Å². The van der Waals surface area contributed by atoms with E-state index >= 15 is 0 Å². The summed E-state index contributed by atoms with van der Waals surface area (Å²) < 4.78 is 0. The van der Waals surface area contributed by atoms with Crippen LogP contribution in [0.2, 0.25) is 0 Å². The van der Waals surface area contributed by atoms with Crippen LogP contribution in [0.1, 0.15) is 33.1 Å². The van der Waals surface area contributed by atoms with Crippen molar-refractivity contribution in [1.82, 2.24) is 0 Å². The van der Waals surface area contributed by atoms with E-state index in [1.54, 1.807) is 6.08 Å². The molecule has 0 bridgehead atoms. The Morgan fingerprint density at radius 3 is 2.75 bits per heavy atom. The van der Waals surface area contributed by atoms with Gasteiger partial charge in [-0.2, -0.15) is 0 Å². The van der Waals surface area contributed by atoms with Crippen LogP contribution in [0.4, 0.5) is 0 Å². The van der Waals surface area contributed by atoms with Crippen LogP contribution in [0.15, 0.2) is 12.2 Å². The number of unbranched alkanes of at least 4 members (excludes halogenated alkanes) is 2. The maximum atomic E-state index is 11.0. The Morgan fingerprint density at radius 2 is 2.25 bits per heavy atom. The average molecular weight is 164 g/mol. The molecule has 12 heavy (non-hydrogen) atoms. The largest absolute Gasteiger partial charge is 0.295 e. The van der Waals surface area contributed by atoms with E-state index in [4.69, 9.17) is 6.42 Å². The standard InChI is InChI=1S/C11H16O/c1-4-5-6-7-8-9-11(12)10(2)3/h1,8-10H,5-7H2,2-3H3/b9-8+. The van der Waals surface area contributed by atoms with Crippen molar-refractivity contribution in [2.24, 2.45) is 5.92 Å². The smallest absolute Gasteiger partial charge is 0.157 e. The maximum absolute atomic E-state index is 11.0. The summed E-state index contributed by atoms with van der Waals surface area (Å²) in [5.74, 6) is 2.86. The lowest BCUT2D eigenvalue weighted by molar-refractivity contribution is -0.117. The van der Waals surface area contributed by atoms with E-state index in [0.717, 1.165) is 19.3 Å². The van der Waals surface area contributed by atoms with Crippen LogP contribution in [-0.4, -0.2) is 5.78 Å². The Bertz CT molecular complexity index is 194. The molecule has 0 heterocycles. The van der Waals surface area contributed by atoms with Gasteiger partial charge in [0.05, 0.1) is 0 Å². The second-order valence-corrected chi connectivity index (χ2v) is 3.06. The highest BCUT2D eigenvalue weighted by atomic mass is 16.1. The molecule has 0 amide bonds. The molecular weight excluding hydrogens is 148 g/mol. The number of carbonyl (C=O) groups excluding carboxylic acids is 1. The number of hydrogen-bond acceptors (Lipinski definition) is 1. The third-order valence-corrected chi connectivity index (χ3v) is 1.54. The topological polar surface area (TPSA) is 17.1 Å². The van der Waals surface area contributed by atoms with Gasteiger partial charge in [-0.15, -0.1) is 12.3 Å². The van der Waals surface area contributed by atoms with Gasteiger partial charge >= 0.3 is 0 Å². The van der Waals surface area contributed by atoms with Crippen LogP contribution < -0.4 is 0 Å². The summed E-state index contributed by atoms with van der Waals surface area (Å²) in [5.41, 5.74) is 0. The molecule has 1 heteroatoms. The Labute approximate surface area is 74.9 Å². The third kappa shape index (κ3) is 5.73. The first-order valence-corrected chi connectivity index (χ1v) is 4.32. The number of terminal acetylenes is 1. The molecule has 0 unspecified atom stereocenters. The highest BCUT2D eigenvalue weighted by molar-refractivity contribution is 5.91. The van der Waals surface area contributed by atoms with Gasteiger partial charge in [-0.25, -0.2) is 0 Å². The zero-order chi connectivity index (χ0) is 9.40. The number of allylic oxidation sites excluding steroid dienone is 2. The van der Waals surface area contributed by atoms with Gasteiger partial charge in [0.15, 0.2) is 5.78 Å². The highest BCUT2D eigenvalue weighted by Gasteiger charge is 2.00. The number of rotatable bonds is 5. The molecule has 0 aromatic carbocycles. The number of carbonyl (C=O) groups is 1. The summed E-state index contributed by atoms with van der Waals surface area (Å²) in [6.45, 7) is 3.79. The van der Waals surface area contributed by atoms with Crippen LogP contribution in [0.25, 0.3) is 0 Å². The monoisotopic (exact) mass is 164 g/mol. The van der Waals surface area contributed by atoms with E-state index in [9.17, 15) is 4.79 Å². The second kappa shape index (κ2) is 6.67. The van der Waals surface area contributed by atoms with E-state index in [-0.39, 0.29) is 11.7 Å². The van der Waals surface area contributed by atoms with Crippen LogP contribution in [0.5, 0.6) is 0 Å². The van der Waals surface area contributed by atoms with Crippen molar-refractivity contribution >= 4 is 5.78 Å². The molecule has 0 aromatic rings. The molecule has 0 aliphatic heterocycles. The van der Waals surface area contributed by atoms with Crippen LogP contribution in [0, 0.1) is 18.3 Å². The zero-order valence-corrected chi connectivity index (χ0v) is 7.84. The summed E-state index contributed by atoms with van der Waals surface area (Å²) in [5, 5.41) is 0. The van der Waals surface area contributed by atoms with Crippen molar-refractivity contribution in [1.29, 1.82) is 0 Å². The number of ketones is 1. The fourth-order valence-electron chi connectivity index (χ4n) is 0.714. The van der Waals surface area contributed by atoms with Gasteiger partial charge in [0, 0.05) is 12.3 Å². The first-order valence-electron chi connectivity index (χ1n) is 4.32. The minimum Gasteiger partial charge on any atom is -0.295 e. The summed E-state index contributed by atoms with van der Waals surface area (Å²) in [7, 11) is 0. The lowest BCUT2D eigenvalue weighted by Gasteiger charge is -1.95. The van der Waals surface area contributed by atoms with E-state index in [2.05, 4.69) is 5.92 Å². The molecule has 0 aromatic heterocycles. The van der Waals surface area contributed by atoms with Crippen molar-refractivity contribution in [2.75, 3.05) is 0 Å². The molecule has 0 rings (SSSR count). The lowest BCUT2D eigenvalue weighted by Crippen LogP contribution is -2.01. The van der Waals surface area contributed by atoms with Crippen molar-refractivity contribution in [3.05, 3.63) is 12.2 Å². The summed E-state index contributed by atoms with van der Waals surface area (Å²) in [6, 6.07) is 0. The molecule has 0 saturated heterocycles. The molecule has 0 aliphatic rings. The normalized spacial score (nSPS) is 10.5. The van der Waals surface area contributed by atoms with Crippen LogP contribution >= 0.6 is 0 Å². The quantitative estimate of drug-likeness (QED) is 0.347. The average Bonchev–Trinajstić information content (AvgIpc) is 2.03. The molecule has 66 valence electrons. The zero-order valence-electron chi connectivity index (χ0n) is 7.84. The Hall–Kier alpha value is -1.03. The molecule has 0 spiro atoms. The van der Waals surface area contributed by atoms with Gasteiger partial charge in [0.1, 0.15) is 0 Å². The van der Waals surface area contributed by atoms with Crippen molar-refractivity contribution < 1.29 is 4.79 Å². The molecule has 0 N–H and O–H groups in total. The van der Waals surface area contributed by atoms with Crippen LogP contribution in [-0.2, 0) is 4.79 Å². The molecular formula is C11H16O. The third-order valence-electron chi connectivity index (χ3n) is 1.54. The fraction of sp³-hybridized carbons (Fsp3) is 0.545. The minimum atomic E-state index is 0.105. The van der Waals surface area contributed by atoms with Gasteiger partial charge in [-0.05, 0) is 18.9 Å². The summed E-state index contributed by atoms with van der Waals surface area (Å²) >= 11 is 0. The molecule has 0 atom stereocenters. The van der Waals surface area contributed by atoms with Gasteiger partial charge < -0.3 is 0 Å². The Kier molecular flexibility index (Phi) is 6.09. The second-order valence-electron chi connectivity index (χ2n) is 3.06. The predicted octanol–water partition coefficient (Wildman–Crippen LogP) is 2.57. The maximum Gasteiger partial charge on any atom is 0.157 e. The highest BCUT2D eigenvalue weighted by Crippen LogP contribution is 1.99. The van der Waals surface area contributed by atoms with Gasteiger partial charge in [0.2, 0.25) is 0 Å². The molecule has 0 saturated carbocycles. The van der Waals surface area contributed by atoms with Crippen molar-refractivity contribution in [2.45, 2.75) is 33.1 Å². The van der Waals surface area contributed by atoms with E-state index in [1.807, 2.05) is 19.9 Å². The summed E-state index contributed by atoms with van der Waals surface area (Å²) in [6.07, 6.45) is 11.3. The van der Waals surface area contributed by atoms with Crippen molar-refractivity contribution in [3.8, 4) is 12.3 Å². The fourth-order valence-corrected chi connectivity index (χ4v) is 0.714. The SMILES string of the molecule is C#CCCC/C=C/C(=O)C(C)C. The molecule has 0 fully saturated rings. The first kappa shape index (κ1) is 11.0. The molecule has 1 nitrogen and oxygen atoms in total. The van der Waals surface area contributed by atoms with Gasteiger partial charge in [0.25, 0.3) is 0 Å². The predicted molar refractivity (Wildman–Crippen MR) is 51.7 cm³/mol. The van der Waals surface area contributed by atoms with Crippen molar-refractivity contribution in [3.63, 3.8) is 0 Å². The van der Waals surface area contributed by atoms with E-state index < -0.39 is 0 Å². The van der Waals surface area contributed by atoms with E-state index in [1.165, 1.54) is 0 Å². The van der Waals surface area contributed by atoms with Crippen LogP contribution in [0.3, 0.4) is 0 Å². The Morgan fingerprint density at radius 1 is 1.58 bits per heavy atom. The lowest BCUT2D eigenvalue weighted by atomic mass is 10.1. The first-order chi connectivity index (χ1) is 5.68. The Balaban J connectivity index is 3.50. The summed E-state index contributed by atoms with van der Waals surface area (Å²) in [4.78, 5) is 11.0. The molecule has 0 radical (unpaired) electrons.